The van der Waals surface area contributed by atoms with Crippen LogP contribution in [0, 0.1) is 21.4 Å². The molecule has 0 fully saturated rings. The van der Waals surface area contributed by atoms with Crippen LogP contribution in [0.25, 0.3) is 0 Å². The van der Waals surface area contributed by atoms with Gasteiger partial charge in [-0.05, 0) is 16.8 Å². The molecule has 0 saturated heterocycles. The Labute approximate surface area is 96.6 Å². The Morgan fingerprint density at radius 1 is 1.71 bits per heavy atom. The normalized spacial score (nSPS) is 11.6. The van der Waals surface area contributed by atoms with Gasteiger partial charge in [0.15, 0.2) is 6.10 Å². The lowest BCUT2D eigenvalue weighted by atomic mass is 10.4. The van der Waals surface area contributed by atoms with Gasteiger partial charge in [0.25, 0.3) is 5.82 Å². The van der Waals surface area contributed by atoms with Gasteiger partial charge in [-0.15, -0.1) is 0 Å². The Morgan fingerprint density at radius 2 is 2.29 bits per heavy atom. The zero-order chi connectivity index (χ0) is 13.2. The molecule has 8 nitrogen and oxygen atoms in total. The van der Waals surface area contributed by atoms with Gasteiger partial charge in [-0.1, -0.05) is 0 Å². The number of carbonyl (C=O) groups excluding carboxylic acids is 1. The highest BCUT2D eigenvalue weighted by Gasteiger charge is 2.30. The number of nitrogens with zero attached hydrogens (tertiary/aromatic N) is 4. The number of nitro groups is 1. The van der Waals surface area contributed by atoms with E-state index in [2.05, 4.69) is 4.98 Å². The Bertz CT molecular complexity index is 514. The molecule has 8 heteroatoms. The fourth-order valence-electron chi connectivity index (χ4n) is 1.42. The number of carbonyl (C=O) groups is 1. The third-order valence-electron chi connectivity index (χ3n) is 2.10. The smallest absolute Gasteiger partial charge is 0.400 e. The molecule has 1 atom stereocenters. The average Bonchev–Trinajstić information content (AvgIpc) is 2.54. The Balaban J connectivity index is 3.23. The molecular formula is C9H10N4O4. The monoisotopic (exact) mass is 238 g/mol. The van der Waals surface area contributed by atoms with Crippen LogP contribution in [0.2, 0.25) is 0 Å². The minimum absolute atomic E-state index is 0.156. The van der Waals surface area contributed by atoms with Crippen LogP contribution >= 0.6 is 0 Å². The lowest BCUT2D eigenvalue weighted by molar-refractivity contribution is -0.389. The number of imidazole rings is 1. The minimum Gasteiger partial charge on any atom is -0.452 e. The van der Waals surface area contributed by atoms with Gasteiger partial charge in [0.2, 0.25) is 5.69 Å². The zero-order valence-electron chi connectivity index (χ0n) is 9.50. The van der Waals surface area contributed by atoms with Crippen molar-refractivity contribution in [1.82, 2.24) is 9.55 Å². The zero-order valence-corrected chi connectivity index (χ0v) is 9.50. The summed E-state index contributed by atoms with van der Waals surface area (Å²) in [6.45, 7) is 2.74. The highest BCUT2D eigenvalue weighted by atomic mass is 16.6. The highest BCUT2D eigenvalue weighted by Crippen LogP contribution is 2.23. The molecule has 0 amide bonds. The molecule has 1 unspecified atom stereocenters. The lowest BCUT2D eigenvalue weighted by Crippen LogP contribution is -2.10. The summed E-state index contributed by atoms with van der Waals surface area (Å²) in [5.41, 5.74) is -0.177. The van der Waals surface area contributed by atoms with E-state index in [0.717, 1.165) is 0 Å². The molecule has 0 spiro atoms. The molecule has 1 aromatic heterocycles. The number of hydrogen-bond donors (Lipinski definition) is 0. The second-order valence-electron chi connectivity index (χ2n) is 3.32. The van der Waals surface area contributed by atoms with Crippen LogP contribution in [0.1, 0.15) is 31.5 Å². The van der Waals surface area contributed by atoms with E-state index in [1.807, 2.05) is 0 Å². The van der Waals surface area contributed by atoms with Crippen molar-refractivity contribution in [2.24, 2.45) is 7.05 Å². The van der Waals surface area contributed by atoms with Gasteiger partial charge in [-0.2, -0.15) is 5.26 Å². The molecule has 0 aromatic carbocycles. The maximum Gasteiger partial charge on any atom is 0.400 e. The van der Waals surface area contributed by atoms with Crippen LogP contribution in [0.3, 0.4) is 0 Å². The Kier molecular flexibility index (Phi) is 3.43. The van der Waals surface area contributed by atoms with E-state index in [1.165, 1.54) is 25.5 Å². The molecule has 0 aliphatic heterocycles. The molecule has 0 aliphatic carbocycles. The third-order valence-corrected chi connectivity index (χ3v) is 2.10. The van der Waals surface area contributed by atoms with E-state index in [0.29, 0.717) is 0 Å². The van der Waals surface area contributed by atoms with Gasteiger partial charge in [-0.25, -0.2) is 0 Å². The molecule has 0 aliphatic rings. The highest BCUT2D eigenvalue weighted by molar-refractivity contribution is 5.66. The molecule has 17 heavy (non-hydrogen) atoms. The summed E-state index contributed by atoms with van der Waals surface area (Å²) >= 11 is 0. The van der Waals surface area contributed by atoms with Crippen molar-refractivity contribution in [2.75, 3.05) is 0 Å². The van der Waals surface area contributed by atoms with Crippen LogP contribution in [0.4, 0.5) is 5.82 Å². The Hall–Kier alpha value is -2.43. The number of hydrogen-bond acceptors (Lipinski definition) is 6. The van der Waals surface area contributed by atoms with Crippen molar-refractivity contribution in [3.05, 3.63) is 21.6 Å². The first kappa shape index (κ1) is 12.6. The molecule has 0 bridgehead atoms. The first-order valence-electron chi connectivity index (χ1n) is 4.66. The number of aromatic nitrogens is 2. The van der Waals surface area contributed by atoms with E-state index >= 15 is 0 Å². The fraction of sp³-hybridized carbons (Fsp3) is 0.444. The molecule has 90 valence electrons. The summed E-state index contributed by atoms with van der Waals surface area (Å²) < 4.78 is 6.10. The topological polar surface area (TPSA) is 111 Å². The molecule has 0 N–H and O–H groups in total. The lowest BCUT2D eigenvalue weighted by Gasteiger charge is -2.07. The summed E-state index contributed by atoms with van der Waals surface area (Å²) in [6.07, 6.45) is -0.752. The number of ether oxygens (including phenoxy) is 1. The van der Waals surface area contributed by atoms with Crippen molar-refractivity contribution in [3.63, 3.8) is 0 Å². The second-order valence-corrected chi connectivity index (χ2v) is 3.32. The second kappa shape index (κ2) is 4.61. The first-order valence-corrected chi connectivity index (χ1v) is 4.66. The standard InChI is InChI=1S/C9H10N4O4/c1-5(17-6(2)14)8-11-9(13(15)16)7(4-10)12(8)3/h5H,1-3H3. The molecule has 1 heterocycles. The fourth-order valence-corrected chi connectivity index (χ4v) is 1.42. The van der Waals surface area contributed by atoms with Crippen LogP contribution in [-0.2, 0) is 16.6 Å². The number of rotatable bonds is 3. The van der Waals surface area contributed by atoms with Crippen molar-refractivity contribution in [3.8, 4) is 6.07 Å². The van der Waals surface area contributed by atoms with Gasteiger partial charge in [0.05, 0.1) is 0 Å². The molecule has 0 saturated carbocycles. The van der Waals surface area contributed by atoms with Crippen LogP contribution in [-0.4, -0.2) is 20.4 Å². The van der Waals surface area contributed by atoms with E-state index in [-0.39, 0.29) is 11.5 Å². The van der Waals surface area contributed by atoms with Gasteiger partial charge < -0.3 is 14.9 Å². The summed E-state index contributed by atoms with van der Waals surface area (Å²) in [6, 6.07) is 1.69. The Morgan fingerprint density at radius 3 is 2.65 bits per heavy atom. The van der Waals surface area contributed by atoms with Crippen molar-refractivity contribution < 1.29 is 14.5 Å². The van der Waals surface area contributed by atoms with Crippen LogP contribution in [0.15, 0.2) is 0 Å². The van der Waals surface area contributed by atoms with Crippen molar-refractivity contribution in [2.45, 2.75) is 20.0 Å². The van der Waals surface area contributed by atoms with E-state index in [9.17, 15) is 14.9 Å². The van der Waals surface area contributed by atoms with Gasteiger partial charge in [-0.3, -0.25) is 9.36 Å². The molecular weight excluding hydrogens is 228 g/mol. The molecule has 1 rings (SSSR count). The summed E-state index contributed by atoms with van der Waals surface area (Å²) in [7, 11) is 1.45. The average molecular weight is 238 g/mol. The minimum atomic E-state index is -0.752. The predicted octanol–water partition coefficient (Wildman–Crippen LogP) is 0.824. The van der Waals surface area contributed by atoms with Gasteiger partial charge in [0, 0.05) is 14.0 Å². The van der Waals surface area contributed by atoms with E-state index in [1.54, 1.807) is 6.07 Å². The van der Waals surface area contributed by atoms with Gasteiger partial charge in [0.1, 0.15) is 6.07 Å². The number of esters is 1. The third kappa shape index (κ3) is 2.39. The molecule has 0 radical (unpaired) electrons. The van der Waals surface area contributed by atoms with Gasteiger partial charge >= 0.3 is 11.8 Å². The van der Waals surface area contributed by atoms with Crippen LogP contribution in [0.5, 0.6) is 0 Å². The van der Waals surface area contributed by atoms with Crippen molar-refractivity contribution >= 4 is 11.8 Å². The maximum atomic E-state index is 10.8. The summed E-state index contributed by atoms with van der Waals surface area (Å²) in [4.78, 5) is 24.4. The molecule has 1 aromatic rings. The summed E-state index contributed by atoms with van der Waals surface area (Å²) in [5, 5.41) is 19.5. The predicted molar refractivity (Wildman–Crippen MR) is 54.8 cm³/mol. The van der Waals surface area contributed by atoms with Crippen molar-refractivity contribution in [1.29, 1.82) is 5.26 Å². The maximum absolute atomic E-state index is 10.8. The SMILES string of the molecule is CC(=O)OC(C)c1nc([N+](=O)[O-])c(C#N)n1C. The van der Waals surface area contributed by atoms with E-state index in [4.69, 9.17) is 10.00 Å². The van der Waals surface area contributed by atoms with Crippen LogP contribution < -0.4 is 0 Å². The summed E-state index contributed by atoms with van der Waals surface area (Å²) in [5.74, 6) is -0.908. The largest absolute Gasteiger partial charge is 0.452 e. The van der Waals surface area contributed by atoms with E-state index < -0.39 is 22.8 Å². The number of nitriles is 1. The first-order chi connectivity index (χ1) is 7.88. The quantitative estimate of drug-likeness (QED) is 0.438.